The zero-order valence-electron chi connectivity index (χ0n) is 9.22. The molecule has 2 aromatic rings. The van der Waals surface area contributed by atoms with Crippen molar-refractivity contribution in [2.24, 2.45) is 0 Å². The maximum absolute atomic E-state index is 5.53. The van der Waals surface area contributed by atoms with Crippen LogP contribution in [0, 0.1) is 0 Å². The van der Waals surface area contributed by atoms with Crippen molar-refractivity contribution in [3.8, 4) is 0 Å². The van der Waals surface area contributed by atoms with Crippen molar-refractivity contribution < 1.29 is 9.15 Å². The fourth-order valence-electron chi connectivity index (χ4n) is 2.10. The Hall–Kier alpha value is -1.55. The molecule has 0 saturated carbocycles. The van der Waals surface area contributed by atoms with Crippen LogP contribution >= 0.6 is 0 Å². The number of ether oxygens (including phenoxy) is 1. The van der Waals surface area contributed by atoms with Gasteiger partial charge in [-0.3, -0.25) is 0 Å². The molecular weight excluding hydrogens is 204 g/mol. The first kappa shape index (κ1) is 9.66. The third-order valence-corrected chi connectivity index (χ3v) is 2.92. The summed E-state index contributed by atoms with van der Waals surface area (Å²) in [4.78, 5) is 6.49. The zero-order valence-corrected chi connectivity index (χ0v) is 9.22. The van der Waals surface area contributed by atoms with Crippen molar-refractivity contribution in [2.75, 3.05) is 24.6 Å². The topological polar surface area (TPSA) is 38.5 Å². The van der Waals surface area contributed by atoms with Crippen molar-refractivity contribution in [1.29, 1.82) is 0 Å². The van der Waals surface area contributed by atoms with E-state index in [9.17, 15) is 0 Å². The van der Waals surface area contributed by atoms with E-state index in [-0.39, 0.29) is 0 Å². The van der Waals surface area contributed by atoms with Gasteiger partial charge >= 0.3 is 0 Å². The first-order valence-corrected chi connectivity index (χ1v) is 5.53. The SMILES string of the molecule is C[C@H]1CN(c2ccc3ocnc3c2)CCO1. The molecule has 2 heterocycles. The summed E-state index contributed by atoms with van der Waals surface area (Å²) >= 11 is 0. The lowest BCUT2D eigenvalue weighted by Gasteiger charge is -2.32. The van der Waals surface area contributed by atoms with Crippen LogP contribution in [0.1, 0.15) is 6.92 Å². The third kappa shape index (κ3) is 1.65. The number of benzene rings is 1. The number of oxazole rings is 1. The number of fused-ring (bicyclic) bond motifs is 1. The second kappa shape index (κ2) is 3.79. The van der Waals surface area contributed by atoms with Crippen LogP contribution in [0.15, 0.2) is 29.0 Å². The molecule has 1 aromatic carbocycles. The van der Waals surface area contributed by atoms with E-state index in [1.54, 1.807) is 0 Å². The number of hydrogen-bond acceptors (Lipinski definition) is 4. The standard InChI is InChI=1S/C12H14N2O2/c1-9-7-14(4-5-15-9)10-2-3-12-11(6-10)13-8-16-12/h2-3,6,8-9H,4-5,7H2,1H3/t9-/m0/s1. The quantitative estimate of drug-likeness (QED) is 0.734. The Morgan fingerprint density at radius 3 is 3.25 bits per heavy atom. The number of aromatic nitrogens is 1. The largest absolute Gasteiger partial charge is 0.443 e. The molecular formula is C12H14N2O2. The third-order valence-electron chi connectivity index (χ3n) is 2.92. The van der Waals surface area contributed by atoms with Crippen molar-refractivity contribution in [3.05, 3.63) is 24.6 Å². The molecule has 1 aliphatic heterocycles. The van der Waals surface area contributed by atoms with Gasteiger partial charge < -0.3 is 14.1 Å². The average molecular weight is 218 g/mol. The summed E-state index contributed by atoms with van der Waals surface area (Å²) in [5, 5.41) is 0. The Kier molecular flexibility index (Phi) is 2.29. The smallest absolute Gasteiger partial charge is 0.181 e. The molecule has 0 spiro atoms. The lowest BCUT2D eigenvalue weighted by molar-refractivity contribution is 0.0532. The fraction of sp³-hybridized carbons (Fsp3) is 0.417. The highest BCUT2D eigenvalue weighted by molar-refractivity contribution is 5.77. The van der Waals surface area contributed by atoms with Gasteiger partial charge in [-0.2, -0.15) is 0 Å². The maximum atomic E-state index is 5.53. The van der Waals surface area contributed by atoms with E-state index in [1.807, 2.05) is 6.07 Å². The van der Waals surface area contributed by atoms with Crippen LogP contribution in [0.5, 0.6) is 0 Å². The van der Waals surface area contributed by atoms with E-state index in [4.69, 9.17) is 9.15 Å². The molecule has 0 aliphatic carbocycles. The van der Waals surface area contributed by atoms with Crippen LogP contribution in [0.2, 0.25) is 0 Å². The predicted octanol–water partition coefficient (Wildman–Crippen LogP) is 2.05. The summed E-state index contributed by atoms with van der Waals surface area (Å²) in [6.07, 6.45) is 1.78. The Bertz CT molecular complexity index is 494. The summed E-state index contributed by atoms with van der Waals surface area (Å²) in [6.45, 7) is 4.76. The van der Waals surface area contributed by atoms with E-state index >= 15 is 0 Å². The molecule has 4 nitrogen and oxygen atoms in total. The van der Waals surface area contributed by atoms with E-state index in [1.165, 1.54) is 12.1 Å². The second-order valence-electron chi connectivity index (χ2n) is 4.13. The molecule has 3 rings (SSSR count). The summed E-state index contributed by atoms with van der Waals surface area (Å²) in [5.74, 6) is 0. The van der Waals surface area contributed by atoms with E-state index in [0.717, 1.165) is 30.8 Å². The van der Waals surface area contributed by atoms with Gasteiger partial charge in [0.25, 0.3) is 0 Å². The van der Waals surface area contributed by atoms with Gasteiger partial charge in [0.15, 0.2) is 12.0 Å². The summed E-state index contributed by atoms with van der Waals surface area (Å²) in [6, 6.07) is 6.11. The van der Waals surface area contributed by atoms with Gasteiger partial charge in [0, 0.05) is 18.8 Å². The van der Waals surface area contributed by atoms with Crippen LogP contribution < -0.4 is 4.90 Å². The lowest BCUT2D eigenvalue weighted by atomic mass is 10.2. The van der Waals surface area contributed by atoms with Crippen molar-refractivity contribution in [1.82, 2.24) is 4.98 Å². The van der Waals surface area contributed by atoms with Crippen LogP contribution in [0.4, 0.5) is 5.69 Å². The molecule has 1 aromatic heterocycles. The van der Waals surface area contributed by atoms with Gasteiger partial charge in [-0.05, 0) is 25.1 Å². The minimum absolute atomic E-state index is 0.293. The van der Waals surface area contributed by atoms with E-state index < -0.39 is 0 Å². The first-order valence-electron chi connectivity index (χ1n) is 5.53. The molecule has 0 radical (unpaired) electrons. The Labute approximate surface area is 93.8 Å². The molecule has 16 heavy (non-hydrogen) atoms. The average Bonchev–Trinajstić information content (AvgIpc) is 2.75. The second-order valence-corrected chi connectivity index (χ2v) is 4.13. The number of hydrogen-bond donors (Lipinski definition) is 0. The number of anilines is 1. The summed E-state index contributed by atoms with van der Waals surface area (Å²) in [5.41, 5.74) is 2.94. The molecule has 0 amide bonds. The number of rotatable bonds is 1. The molecule has 84 valence electrons. The fourth-order valence-corrected chi connectivity index (χ4v) is 2.10. The van der Waals surface area contributed by atoms with Crippen molar-refractivity contribution >= 4 is 16.8 Å². The Morgan fingerprint density at radius 2 is 2.38 bits per heavy atom. The van der Waals surface area contributed by atoms with E-state index in [2.05, 4.69) is 28.9 Å². The minimum Gasteiger partial charge on any atom is -0.443 e. The molecule has 0 unspecified atom stereocenters. The van der Waals surface area contributed by atoms with Gasteiger partial charge in [0.05, 0.1) is 12.7 Å². The van der Waals surface area contributed by atoms with Gasteiger partial charge in [0.1, 0.15) is 5.52 Å². The predicted molar refractivity (Wildman–Crippen MR) is 61.6 cm³/mol. The molecule has 1 saturated heterocycles. The van der Waals surface area contributed by atoms with E-state index in [0.29, 0.717) is 6.10 Å². The van der Waals surface area contributed by atoms with Gasteiger partial charge in [-0.25, -0.2) is 4.98 Å². The molecule has 1 aliphatic rings. The zero-order chi connectivity index (χ0) is 11.0. The highest BCUT2D eigenvalue weighted by Crippen LogP contribution is 2.22. The summed E-state index contributed by atoms with van der Waals surface area (Å²) < 4.78 is 10.8. The van der Waals surface area contributed by atoms with Crippen molar-refractivity contribution in [2.45, 2.75) is 13.0 Å². The van der Waals surface area contributed by atoms with Crippen molar-refractivity contribution in [3.63, 3.8) is 0 Å². The van der Waals surface area contributed by atoms with Crippen LogP contribution in [-0.4, -0.2) is 30.8 Å². The number of nitrogens with zero attached hydrogens (tertiary/aromatic N) is 2. The molecule has 1 fully saturated rings. The Balaban J connectivity index is 1.92. The molecule has 0 N–H and O–H groups in total. The van der Waals surface area contributed by atoms with Crippen LogP contribution in [-0.2, 0) is 4.74 Å². The molecule has 1 atom stereocenters. The Morgan fingerprint density at radius 1 is 1.44 bits per heavy atom. The van der Waals surface area contributed by atoms with Gasteiger partial charge in [-0.15, -0.1) is 0 Å². The van der Waals surface area contributed by atoms with Gasteiger partial charge in [0.2, 0.25) is 0 Å². The van der Waals surface area contributed by atoms with Crippen LogP contribution in [0.3, 0.4) is 0 Å². The normalized spacial score (nSPS) is 21.6. The lowest BCUT2D eigenvalue weighted by Crippen LogP contribution is -2.41. The highest BCUT2D eigenvalue weighted by atomic mass is 16.5. The van der Waals surface area contributed by atoms with Crippen LogP contribution in [0.25, 0.3) is 11.1 Å². The number of morpholine rings is 1. The molecule has 0 bridgehead atoms. The molecule has 4 heteroatoms. The summed E-state index contributed by atoms with van der Waals surface area (Å²) in [7, 11) is 0. The minimum atomic E-state index is 0.293. The maximum Gasteiger partial charge on any atom is 0.181 e. The monoisotopic (exact) mass is 218 g/mol. The first-order chi connectivity index (χ1) is 7.83. The highest BCUT2D eigenvalue weighted by Gasteiger charge is 2.17. The van der Waals surface area contributed by atoms with Gasteiger partial charge in [-0.1, -0.05) is 0 Å².